The number of hydrogen-bond acceptors (Lipinski definition) is 1. The molecule has 0 aromatic carbocycles. The smallest absolute Gasteiger partial charge is 0.142 e. The van der Waals surface area contributed by atoms with Crippen molar-refractivity contribution in [1.82, 2.24) is 0 Å². The first kappa shape index (κ1) is 21.7. The van der Waals surface area contributed by atoms with E-state index in [-0.39, 0.29) is 21.7 Å². The summed E-state index contributed by atoms with van der Waals surface area (Å²) in [5, 5.41) is 0. The van der Waals surface area contributed by atoms with Crippen molar-refractivity contribution in [3.8, 4) is 0 Å². The normalized spacial score (nSPS) is 51.0. The third kappa shape index (κ3) is 2.47. The SMILES string of the molecule is C=C1CC[C@]2(C)CC[C@]3(C)C(=CCC4[C@@]5(C)CCC(=O)C(C)(C)C5=CC[C@]43C)[C@H]2[C@@H]1C. The molecule has 3 fully saturated rings. The van der Waals surface area contributed by atoms with Gasteiger partial charge in [0, 0.05) is 11.8 Å². The molecule has 0 saturated heterocycles. The van der Waals surface area contributed by atoms with E-state index >= 15 is 0 Å². The standard InChI is InChI=1S/C30H44O/c1-19-11-14-27(5)17-18-29(7)21(25(27)20(19)2)9-10-23-28(6)15-13-24(31)26(3,4)22(28)12-16-30(23,29)8/h9,12,20,23,25H,1,10-11,13-18H2,2-8H3/t20-,23?,25-,27-,28+,29-,30-/m1/s1. The summed E-state index contributed by atoms with van der Waals surface area (Å²) in [5.74, 6) is 2.34. The Morgan fingerprint density at radius 1 is 0.935 bits per heavy atom. The minimum atomic E-state index is -0.292. The molecule has 5 rings (SSSR count). The summed E-state index contributed by atoms with van der Waals surface area (Å²) in [7, 11) is 0. The zero-order chi connectivity index (χ0) is 22.6. The van der Waals surface area contributed by atoms with Crippen molar-refractivity contribution < 1.29 is 4.79 Å². The van der Waals surface area contributed by atoms with Gasteiger partial charge in [-0.25, -0.2) is 0 Å². The number of carbonyl (C=O) groups excluding carboxylic acids is 1. The fourth-order valence-corrected chi connectivity index (χ4v) is 9.65. The molecule has 1 unspecified atom stereocenters. The van der Waals surface area contributed by atoms with E-state index in [9.17, 15) is 4.79 Å². The van der Waals surface area contributed by atoms with Crippen LogP contribution < -0.4 is 0 Å². The quantitative estimate of drug-likeness (QED) is 0.362. The number of ketones is 1. The minimum Gasteiger partial charge on any atom is -0.299 e. The van der Waals surface area contributed by atoms with Crippen LogP contribution in [0.3, 0.4) is 0 Å². The molecule has 1 nitrogen and oxygen atoms in total. The molecule has 0 spiro atoms. The molecule has 5 aliphatic carbocycles. The van der Waals surface area contributed by atoms with Crippen LogP contribution in [-0.2, 0) is 4.79 Å². The molecule has 0 radical (unpaired) electrons. The average molecular weight is 421 g/mol. The monoisotopic (exact) mass is 420 g/mol. The Morgan fingerprint density at radius 2 is 1.65 bits per heavy atom. The lowest BCUT2D eigenvalue weighted by molar-refractivity contribution is -0.135. The Hall–Kier alpha value is -1.11. The Balaban J connectivity index is 1.63. The van der Waals surface area contributed by atoms with Crippen molar-refractivity contribution in [3.05, 3.63) is 35.5 Å². The molecule has 31 heavy (non-hydrogen) atoms. The predicted octanol–water partition coefficient (Wildman–Crippen LogP) is 8.07. The number of Topliss-reactive ketones (excluding diaryl/α,β-unsaturated/α-hetero) is 1. The molecule has 1 heteroatoms. The summed E-state index contributed by atoms with van der Waals surface area (Å²) in [5.41, 5.74) is 5.53. The lowest BCUT2D eigenvalue weighted by Gasteiger charge is -2.68. The maximum Gasteiger partial charge on any atom is 0.142 e. The van der Waals surface area contributed by atoms with Gasteiger partial charge in [0.2, 0.25) is 0 Å². The van der Waals surface area contributed by atoms with E-state index in [4.69, 9.17) is 0 Å². The van der Waals surface area contributed by atoms with Crippen molar-refractivity contribution in [3.63, 3.8) is 0 Å². The summed E-state index contributed by atoms with van der Waals surface area (Å²) in [6.45, 7) is 21.7. The van der Waals surface area contributed by atoms with Crippen LogP contribution in [0.2, 0.25) is 0 Å². The number of rotatable bonds is 0. The van der Waals surface area contributed by atoms with Crippen LogP contribution in [0.25, 0.3) is 0 Å². The highest BCUT2D eigenvalue weighted by Gasteiger charge is 2.66. The summed E-state index contributed by atoms with van der Waals surface area (Å²) < 4.78 is 0. The Kier molecular flexibility index (Phi) is 4.39. The zero-order valence-corrected chi connectivity index (χ0v) is 21.2. The highest BCUT2D eigenvalue weighted by atomic mass is 16.1. The highest BCUT2D eigenvalue weighted by Crippen LogP contribution is 2.74. The Labute approximate surface area is 190 Å². The van der Waals surface area contributed by atoms with Crippen LogP contribution in [0.4, 0.5) is 0 Å². The van der Waals surface area contributed by atoms with Crippen molar-refractivity contribution >= 4 is 5.78 Å². The molecule has 170 valence electrons. The van der Waals surface area contributed by atoms with Crippen LogP contribution in [0.15, 0.2) is 35.5 Å². The number of carbonyl (C=O) groups is 1. The first-order valence-electron chi connectivity index (χ1n) is 12.9. The molecule has 0 aliphatic heterocycles. The van der Waals surface area contributed by atoms with Crippen LogP contribution >= 0.6 is 0 Å². The van der Waals surface area contributed by atoms with Gasteiger partial charge in [0.15, 0.2) is 0 Å². The first-order chi connectivity index (χ1) is 14.3. The van der Waals surface area contributed by atoms with E-state index in [1.54, 1.807) is 5.57 Å². The van der Waals surface area contributed by atoms with Gasteiger partial charge in [-0.15, -0.1) is 0 Å². The summed E-state index contributed by atoms with van der Waals surface area (Å²) in [6.07, 6.45) is 14.5. The van der Waals surface area contributed by atoms with Crippen LogP contribution in [-0.4, -0.2) is 5.78 Å². The van der Waals surface area contributed by atoms with Gasteiger partial charge in [0.05, 0.1) is 0 Å². The molecule has 0 bridgehead atoms. The van der Waals surface area contributed by atoms with Crippen molar-refractivity contribution in [2.45, 2.75) is 99.8 Å². The second kappa shape index (κ2) is 6.27. The molecule has 0 amide bonds. The largest absolute Gasteiger partial charge is 0.299 e. The second-order valence-electron chi connectivity index (χ2n) is 13.6. The molecule has 0 N–H and O–H groups in total. The van der Waals surface area contributed by atoms with Crippen molar-refractivity contribution in [2.75, 3.05) is 0 Å². The van der Waals surface area contributed by atoms with E-state index in [0.29, 0.717) is 29.0 Å². The predicted molar refractivity (Wildman–Crippen MR) is 130 cm³/mol. The van der Waals surface area contributed by atoms with Crippen molar-refractivity contribution in [1.29, 1.82) is 0 Å². The fraction of sp³-hybridized carbons (Fsp3) is 0.767. The summed E-state index contributed by atoms with van der Waals surface area (Å²) >= 11 is 0. The van der Waals surface area contributed by atoms with E-state index in [2.05, 4.69) is 67.2 Å². The van der Waals surface area contributed by atoms with Crippen molar-refractivity contribution in [2.24, 2.45) is 44.8 Å². The molecule has 0 aromatic heterocycles. The molecular formula is C30H44O. The zero-order valence-electron chi connectivity index (χ0n) is 21.2. The van der Waals surface area contributed by atoms with E-state index < -0.39 is 0 Å². The molecule has 0 heterocycles. The first-order valence-corrected chi connectivity index (χ1v) is 12.9. The fourth-order valence-electron chi connectivity index (χ4n) is 9.65. The average Bonchev–Trinajstić information content (AvgIpc) is 2.69. The minimum absolute atomic E-state index is 0.151. The van der Waals surface area contributed by atoms with Gasteiger partial charge in [-0.2, -0.15) is 0 Å². The maximum atomic E-state index is 12.8. The van der Waals surface area contributed by atoms with Gasteiger partial charge in [0.25, 0.3) is 0 Å². The van der Waals surface area contributed by atoms with Crippen LogP contribution in [0.1, 0.15) is 99.8 Å². The molecule has 5 aliphatic rings. The van der Waals surface area contributed by atoms with Crippen LogP contribution in [0.5, 0.6) is 0 Å². The van der Waals surface area contributed by atoms with Gasteiger partial charge < -0.3 is 0 Å². The van der Waals surface area contributed by atoms with Gasteiger partial charge in [-0.1, -0.05) is 70.1 Å². The third-order valence-electron chi connectivity index (χ3n) is 12.0. The topological polar surface area (TPSA) is 17.1 Å². The molecule has 7 atom stereocenters. The van der Waals surface area contributed by atoms with Crippen LogP contribution in [0, 0.1) is 44.8 Å². The van der Waals surface area contributed by atoms with Gasteiger partial charge in [-0.3, -0.25) is 4.79 Å². The lowest BCUT2D eigenvalue weighted by atomic mass is 9.35. The Bertz CT molecular complexity index is 917. The number of fused-ring (bicyclic) bond motifs is 7. The summed E-state index contributed by atoms with van der Waals surface area (Å²) in [6, 6.07) is 0. The Morgan fingerprint density at radius 3 is 2.35 bits per heavy atom. The van der Waals surface area contributed by atoms with Gasteiger partial charge in [-0.05, 0) is 98.2 Å². The maximum absolute atomic E-state index is 12.8. The van der Waals surface area contributed by atoms with Gasteiger partial charge >= 0.3 is 0 Å². The second-order valence-corrected chi connectivity index (χ2v) is 13.6. The summed E-state index contributed by atoms with van der Waals surface area (Å²) in [4.78, 5) is 12.8. The van der Waals surface area contributed by atoms with E-state index in [0.717, 1.165) is 19.3 Å². The number of allylic oxidation sites excluding steroid dienone is 5. The lowest BCUT2D eigenvalue weighted by Crippen LogP contribution is -2.61. The third-order valence-corrected chi connectivity index (χ3v) is 12.0. The molecule has 3 saturated carbocycles. The van der Waals surface area contributed by atoms with E-state index in [1.807, 2.05) is 0 Å². The van der Waals surface area contributed by atoms with E-state index in [1.165, 1.54) is 43.3 Å². The highest BCUT2D eigenvalue weighted by molar-refractivity contribution is 5.89. The number of hydrogen-bond donors (Lipinski definition) is 0. The van der Waals surface area contributed by atoms with Gasteiger partial charge in [0.1, 0.15) is 5.78 Å². The molecular weight excluding hydrogens is 376 g/mol. The molecule has 0 aromatic rings.